The first-order valence-corrected chi connectivity index (χ1v) is 13.1. The van der Waals surface area contributed by atoms with Gasteiger partial charge in [-0.25, -0.2) is 0 Å². The molecule has 208 valence electrons. The predicted octanol–water partition coefficient (Wildman–Crippen LogP) is -0.879. The molecule has 2 aliphatic rings. The minimum absolute atomic E-state index is 0.250. The van der Waals surface area contributed by atoms with Crippen LogP contribution < -0.4 is 5.32 Å². The summed E-state index contributed by atoms with van der Waals surface area (Å²) in [6.45, 7) is 3.20. The molecule has 0 bridgehead atoms. The van der Waals surface area contributed by atoms with E-state index in [9.17, 15) is 35.7 Å². The maximum absolute atomic E-state index is 11.3. The molecule has 0 radical (unpaired) electrons. The van der Waals surface area contributed by atoms with E-state index in [-0.39, 0.29) is 6.42 Å². The molecular formula is C24H47NO10. The van der Waals surface area contributed by atoms with Crippen LogP contribution >= 0.6 is 0 Å². The van der Waals surface area contributed by atoms with Crippen LogP contribution in [0.3, 0.4) is 0 Å². The third-order valence-corrected chi connectivity index (χ3v) is 7.02. The van der Waals surface area contributed by atoms with Crippen LogP contribution in [0.4, 0.5) is 0 Å². The molecule has 8 N–H and O–H groups in total. The van der Waals surface area contributed by atoms with Crippen molar-refractivity contribution < 1.29 is 50.0 Å². The second-order valence-electron chi connectivity index (χ2n) is 9.73. The van der Waals surface area contributed by atoms with E-state index >= 15 is 0 Å². The molecule has 0 aromatic heterocycles. The second-order valence-corrected chi connectivity index (χ2v) is 9.73. The van der Waals surface area contributed by atoms with Gasteiger partial charge >= 0.3 is 0 Å². The van der Waals surface area contributed by atoms with Gasteiger partial charge in [0.1, 0.15) is 42.7 Å². The molecule has 35 heavy (non-hydrogen) atoms. The Morgan fingerprint density at radius 3 is 1.94 bits per heavy atom. The van der Waals surface area contributed by atoms with Crippen LogP contribution in [0.25, 0.3) is 0 Å². The summed E-state index contributed by atoms with van der Waals surface area (Å²) < 4.78 is 17.0. The number of unbranched alkanes of at least 4 members (excludes halogenated alkanes) is 7. The van der Waals surface area contributed by atoms with E-state index in [1.54, 1.807) is 0 Å². The Balaban J connectivity index is 2.03. The number of hydrogen-bond acceptors (Lipinski definition) is 11. The van der Waals surface area contributed by atoms with Crippen molar-refractivity contribution in [1.29, 1.82) is 0 Å². The average Bonchev–Trinajstić information content (AvgIpc) is 2.85. The molecule has 1 unspecified atom stereocenters. The van der Waals surface area contributed by atoms with Gasteiger partial charge in [0.15, 0.2) is 12.1 Å². The smallest absolute Gasteiger partial charge is 0.187 e. The lowest BCUT2D eigenvalue weighted by molar-refractivity contribution is -0.367. The van der Waals surface area contributed by atoms with Crippen molar-refractivity contribution in [2.75, 3.05) is 19.8 Å². The summed E-state index contributed by atoms with van der Waals surface area (Å²) in [6.07, 6.45) is -2.44. The number of hydrogen-bond donors (Lipinski definition) is 8. The molecule has 0 spiro atoms. The zero-order valence-corrected chi connectivity index (χ0v) is 21.0. The predicted molar refractivity (Wildman–Crippen MR) is 126 cm³/mol. The molecule has 2 saturated heterocycles. The van der Waals surface area contributed by atoms with Crippen molar-refractivity contribution in [3.05, 3.63) is 0 Å². The molecular weight excluding hydrogens is 462 g/mol. The quantitative estimate of drug-likeness (QED) is 0.128. The maximum atomic E-state index is 11.3. The molecule has 0 amide bonds. The Kier molecular flexibility index (Phi) is 13.3. The Morgan fingerprint density at radius 2 is 1.37 bits per heavy atom. The Hall–Kier alpha value is -0.440. The average molecular weight is 510 g/mol. The van der Waals surface area contributed by atoms with Gasteiger partial charge in [-0.3, -0.25) is 0 Å². The first-order chi connectivity index (χ1) is 16.7. The number of aliphatic hydroxyl groups is 7. The fourth-order valence-electron chi connectivity index (χ4n) is 4.95. The van der Waals surface area contributed by atoms with Crippen molar-refractivity contribution in [3.63, 3.8) is 0 Å². The van der Waals surface area contributed by atoms with Crippen LogP contribution in [0.1, 0.15) is 71.6 Å². The van der Waals surface area contributed by atoms with Gasteiger partial charge in [0.25, 0.3) is 0 Å². The van der Waals surface area contributed by atoms with Crippen molar-refractivity contribution in [1.82, 2.24) is 5.32 Å². The van der Waals surface area contributed by atoms with Gasteiger partial charge in [-0.1, -0.05) is 58.8 Å². The Labute approximate surface area is 208 Å². The van der Waals surface area contributed by atoms with E-state index < -0.39 is 74.1 Å². The molecule has 0 saturated carbocycles. The van der Waals surface area contributed by atoms with Crippen LogP contribution in [0, 0.1) is 0 Å². The maximum Gasteiger partial charge on any atom is 0.187 e. The number of rotatable bonds is 15. The van der Waals surface area contributed by atoms with Crippen molar-refractivity contribution in [3.8, 4) is 0 Å². The highest BCUT2D eigenvalue weighted by Crippen LogP contribution is 2.35. The highest BCUT2D eigenvalue weighted by Gasteiger charge is 2.55. The summed E-state index contributed by atoms with van der Waals surface area (Å²) in [5.74, 6) is -1.75. The summed E-state index contributed by atoms with van der Waals surface area (Å²) in [7, 11) is 0. The standard InChI is InChI=1S/C24H47NO10/c1-3-5-6-7-8-9-10-11-12-24(32)22(25-4-2)20(31)21(16(14-27)35-24)34-23-19(30)18(29)17(28)15(13-26)33-23/h15-23,25-32H,3-14H2,1-2H3/t15-,16-,17+,18+,19-,20+,21-,22-,23+,24?/m1/s1. The SMILES string of the molecule is CCCCCCCCCCC1(O)O[C@H](CO)[C@@H](O[C@@H]2O[C@H](CO)[C@H](O)[C@H](O)[C@H]2O)[C@H](O)[C@H]1NCC. The van der Waals surface area contributed by atoms with Gasteiger partial charge < -0.3 is 55.3 Å². The van der Waals surface area contributed by atoms with Crippen molar-refractivity contribution in [2.45, 2.75) is 132 Å². The molecule has 11 heteroatoms. The lowest BCUT2D eigenvalue weighted by atomic mass is 9.86. The van der Waals surface area contributed by atoms with Crippen LogP contribution in [-0.4, -0.2) is 116 Å². The zero-order chi connectivity index (χ0) is 26.0. The first-order valence-electron chi connectivity index (χ1n) is 13.1. The van der Waals surface area contributed by atoms with Gasteiger partial charge in [-0.15, -0.1) is 0 Å². The molecule has 2 fully saturated rings. The molecule has 11 nitrogen and oxygen atoms in total. The van der Waals surface area contributed by atoms with E-state index in [1.807, 2.05) is 6.92 Å². The van der Waals surface area contributed by atoms with Gasteiger partial charge in [0.2, 0.25) is 0 Å². The topological polar surface area (TPSA) is 181 Å². The van der Waals surface area contributed by atoms with Crippen LogP contribution in [0.5, 0.6) is 0 Å². The molecule has 0 aromatic carbocycles. The van der Waals surface area contributed by atoms with E-state index in [1.165, 1.54) is 25.7 Å². The molecule has 2 aliphatic heterocycles. The van der Waals surface area contributed by atoms with Gasteiger partial charge in [-0.05, 0) is 13.0 Å². The van der Waals surface area contributed by atoms with Crippen LogP contribution in [0.15, 0.2) is 0 Å². The monoisotopic (exact) mass is 509 g/mol. The first kappa shape index (κ1) is 30.8. The third-order valence-electron chi connectivity index (χ3n) is 7.02. The van der Waals surface area contributed by atoms with Gasteiger partial charge in [-0.2, -0.15) is 0 Å². The number of aliphatic hydroxyl groups excluding tert-OH is 6. The largest absolute Gasteiger partial charge is 0.394 e. The summed E-state index contributed by atoms with van der Waals surface area (Å²) in [5.41, 5.74) is 0. The molecule has 10 atom stereocenters. The van der Waals surface area contributed by atoms with Crippen molar-refractivity contribution >= 4 is 0 Å². The van der Waals surface area contributed by atoms with Gasteiger partial charge in [0, 0.05) is 6.42 Å². The van der Waals surface area contributed by atoms with E-state index in [4.69, 9.17) is 14.2 Å². The highest BCUT2D eigenvalue weighted by atomic mass is 16.7. The number of ether oxygens (including phenoxy) is 3. The molecule has 2 rings (SSSR count). The minimum atomic E-state index is -1.75. The third kappa shape index (κ3) is 8.02. The molecule has 0 aliphatic carbocycles. The Bertz CT molecular complexity index is 585. The fraction of sp³-hybridized carbons (Fsp3) is 1.00. The number of nitrogens with one attached hydrogen (secondary N) is 1. The van der Waals surface area contributed by atoms with E-state index in [0.717, 1.165) is 19.3 Å². The van der Waals surface area contributed by atoms with Crippen molar-refractivity contribution in [2.24, 2.45) is 0 Å². The lowest BCUT2D eigenvalue weighted by Gasteiger charge is -2.51. The normalized spacial score (nSPS) is 40.2. The second kappa shape index (κ2) is 15.1. The molecule has 2 heterocycles. The zero-order valence-electron chi connectivity index (χ0n) is 21.0. The van der Waals surface area contributed by atoms with Crippen LogP contribution in [0.2, 0.25) is 0 Å². The summed E-state index contributed by atoms with van der Waals surface area (Å²) in [5, 5.41) is 75.2. The lowest BCUT2D eigenvalue weighted by Crippen LogP contribution is -2.71. The van der Waals surface area contributed by atoms with E-state index in [2.05, 4.69) is 12.2 Å². The highest BCUT2D eigenvalue weighted by molar-refractivity contribution is 5.01. The summed E-state index contributed by atoms with van der Waals surface area (Å²) >= 11 is 0. The van der Waals surface area contributed by atoms with Gasteiger partial charge in [0.05, 0.1) is 19.3 Å². The van der Waals surface area contributed by atoms with E-state index in [0.29, 0.717) is 13.0 Å². The minimum Gasteiger partial charge on any atom is -0.394 e. The Morgan fingerprint density at radius 1 is 0.771 bits per heavy atom. The molecule has 0 aromatic rings. The van der Waals surface area contributed by atoms with Crippen LogP contribution in [-0.2, 0) is 14.2 Å². The number of likely N-dealkylation sites (N-methyl/N-ethyl adjacent to an activating group) is 1. The summed E-state index contributed by atoms with van der Waals surface area (Å²) in [6, 6.07) is -0.949. The fourth-order valence-corrected chi connectivity index (χ4v) is 4.95. The summed E-state index contributed by atoms with van der Waals surface area (Å²) in [4.78, 5) is 0.